The number of carbonyl (C=O) groups is 1. The van der Waals surface area contributed by atoms with Crippen LogP contribution in [0.2, 0.25) is 0 Å². The van der Waals surface area contributed by atoms with Crippen LogP contribution in [0.1, 0.15) is 36.1 Å². The summed E-state index contributed by atoms with van der Waals surface area (Å²) in [5.41, 5.74) is 0.312. The van der Waals surface area contributed by atoms with Gasteiger partial charge in [-0.1, -0.05) is 6.92 Å². The van der Waals surface area contributed by atoms with Crippen molar-refractivity contribution in [3.8, 4) is 0 Å². The minimum atomic E-state index is -0.738. The van der Waals surface area contributed by atoms with Crippen LogP contribution in [0.3, 0.4) is 0 Å². The van der Waals surface area contributed by atoms with Crippen LogP contribution in [-0.2, 0) is 16.6 Å². The van der Waals surface area contributed by atoms with Crippen LogP contribution in [-0.4, -0.2) is 16.1 Å². The fraction of sp³-hybridized carbons (Fsp3) is 0.600. The molecule has 0 spiro atoms. The third-order valence-corrected chi connectivity index (χ3v) is 4.02. The molecule has 0 atom stereocenters. The van der Waals surface area contributed by atoms with Gasteiger partial charge in [0.25, 0.3) is 0 Å². The van der Waals surface area contributed by atoms with Crippen molar-refractivity contribution < 1.29 is 9.90 Å². The molecular weight excluding hydrogens is 198 g/mol. The first-order valence-corrected chi connectivity index (χ1v) is 5.59. The Bertz CT molecular complexity index is 355. The number of aliphatic carboxylic acids is 1. The number of rotatable bonds is 4. The van der Waals surface area contributed by atoms with Crippen LogP contribution >= 0.6 is 11.3 Å². The van der Waals surface area contributed by atoms with Crippen molar-refractivity contribution in [2.45, 2.75) is 38.0 Å². The number of hydrogen-bond acceptors (Lipinski definition) is 3. The normalized spacial score (nSPS) is 18.1. The van der Waals surface area contributed by atoms with Crippen LogP contribution in [0, 0.1) is 0 Å². The fourth-order valence-electron chi connectivity index (χ4n) is 1.33. The second-order valence-electron chi connectivity index (χ2n) is 4.09. The first-order chi connectivity index (χ1) is 6.60. The van der Waals surface area contributed by atoms with Crippen molar-refractivity contribution in [3.05, 3.63) is 16.1 Å². The van der Waals surface area contributed by atoms with E-state index in [2.05, 4.69) is 11.9 Å². The molecule has 1 aromatic heterocycles. The molecule has 76 valence electrons. The summed E-state index contributed by atoms with van der Waals surface area (Å²) < 4.78 is 0. The molecule has 0 amide bonds. The van der Waals surface area contributed by atoms with Crippen LogP contribution in [0.15, 0.2) is 6.20 Å². The van der Waals surface area contributed by atoms with Gasteiger partial charge in [-0.15, -0.1) is 11.3 Å². The van der Waals surface area contributed by atoms with Crippen LogP contribution in [0.5, 0.6) is 0 Å². The summed E-state index contributed by atoms with van der Waals surface area (Å²) in [5.74, 6) is -0.738. The minimum Gasteiger partial charge on any atom is -0.481 e. The molecule has 4 heteroatoms. The van der Waals surface area contributed by atoms with Crippen molar-refractivity contribution in [1.82, 2.24) is 4.98 Å². The molecular formula is C10H13NO2S. The Morgan fingerprint density at radius 2 is 2.43 bits per heavy atom. The second kappa shape index (κ2) is 3.35. The standard InChI is InChI=1S/C10H13NO2S/c1-10(4-5-10)9-11-6-7(14-9)2-3-8(12)13/h6H,2-5H2,1H3,(H,12,13). The molecule has 1 aromatic rings. The number of aryl methyl sites for hydroxylation is 1. The number of thiazole rings is 1. The summed E-state index contributed by atoms with van der Waals surface area (Å²) in [7, 11) is 0. The average molecular weight is 211 g/mol. The molecule has 1 saturated carbocycles. The Kier molecular flexibility index (Phi) is 2.31. The van der Waals surface area contributed by atoms with Crippen molar-refractivity contribution in [2.75, 3.05) is 0 Å². The van der Waals surface area contributed by atoms with Crippen molar-refractivity contribution in [3.63, 3.8) is 0 Å². The van der Waals surface area contributed by atoms with Gasteiger partial charge >= 0.3 is 5.97 Å². The quantitative estimate of drug-likeness (QED) is 0.830. The first-order valence-electron chi connectivity index (χ1n) is 4.77. The van der Waals surface area contributed by atoms with E-state index in [0.717, 1.165) is 4.88 Å². The van der Waals surface area contributed by atoms with Crippen LogP contribution in [0.25, 0.3) is 0 Å². The zero-order valence-electron chi connectivity index (χ0n) is 8.12. The number of hydrogen-bond donors (Lipinski definition) is 1. The summed E-state index contributed by atoms with van der Waals surface area (Å²) in [5, 5.41) is 9.72. The summed E-state index contributed by atoms with van der Waals surface area (Å²) in [6, 6.07) is 0. The van der Waals surface area contributed by atoms with Crippen molar-refractivity contribution >= 4 is 17.3 Å². The summed E-state index contributed by atoms with van der Waals surface area (Å²) in [6.45, 7) is 2.22. The predicted octanol–water partition coefficient (Wildman–Crippen LogP) is 2.21. The Balaban J connectivity index is 1.99. The maximum Gasteiger partial charge on any atom is 0.303 e. The summed E-state index contributed by atoms with van der Waals surface area (Å²) in [6.07, 6.45) is 5.09. The molecule has 0 unspecified atom stereocenters. The number of aromatic nitrogens is 1. The van der Waals surface area contributed by atoms with Gasteiger partial charge in [-0.05, 0) is 19.3 Å². The maximum atomic E-state index is 10.4. The van der Waals surface area contributed by atoms with E-state index < -0.39 is 5.97 Å². The zero-order chi connectivity index (χ0) is 10.2. The van der Waals surface area contributed by atoms with Gasteiger partial charge in [-0.2, -0.15) is 0 Å². The van der Waals surface area contributed by atoms with Gasteiger partial charge in [0.15, 0.2) is 0 Å². The maximum absolute atomic E-state index is 10.4. The monoisotopic (exact) mass is 211 g/mol. The predicted molar refractivity (Wildman–Crippen MR) is 54.7 cm³/mol. The lowest BCUT2D eigenvalue weighted by molar-refractivity contribution is -0.136. The number of carboxylic acid groups (broad SMARTS) is 1. The minimum absolute atomic E-state index is 0.207. The Morgan fingerprint density at radius 1 is 1.71 bits per heavy atom. The molecule has 2 rings (SSSR count). The van der Waals surface area contributed by atoms with Gasteiger partial charge in [0.05, 0.1) is 11.4 Å². The largest absolute Gasteiger partial charge is 0.481 e. The van der Waals surface area contributed by atoms with Gasteiger partial charge in [0.1, 0.15) is 0 Å². The van der Waals surface area contributed by atoms with Crippen LogP contribution < -0.4 is 0 Å². The van der Waals surface area contributed by atoms with E-state index in [1.54, 1.807) is 11.3 Å². The Hall–Kier alpha value is -0.900. The molecule has 1 fully saturated rings. The lowest BCUT2D eigenvalue weighted by atomic mass is 10.2. The molecule has 0 bridgehead atoms. The van der Waals surface area contributed by atoms with Gasteiger partial charge < -0.3 is 5.11 Å². The highest BCUT2D eigenvalue weighted by molar-refractivity contribution is 7.11. The third kappa shape index (κ3) is 1.95. The van der Waals surface area contributed by atoms with E-state index in [9.17, 15) is 4.79 Å². The first kappa shape index (κ1) is 9.65. The Labute approximate surface area is 86.8 Å². The smallest absolute Gasteiger partial charge is 0.303 e. The van der Waals surface area contributed by atoms with Crippen LogP contribution in [0.4, 0.5) is 0 Å². The molecule has 1 heterocycles. The van der Waals surface area contributed by atoms with E-state index in [0.29, 0.717) is 11.8 Å². The molecule has 1 N–H and O–H groups in total. The SMILES string of the molecule is CC1(c2ncc(CCC(=O)O)s2)CC1. The highest BCUT2D eigenvalue weighted by Crippen LogP contribution is 2.48. The van der Waals surface area contributed by atoms with Gasteiger partial charge in [-0.25, -0.2) is 4.98 Å². The fourth-order valence-corrected chi connectivity index (χ4v) is 2.45. The lowest BCUT2D eigenvalue weighted by Gasteiger charge is -2.00. The van der Waals surface area contributed by atoms with E-state index >= 15 is 0 Å². The lowest BCUT2D eigenvalue weighted by Crippen LogP contribution is -1.97. The molecule has 0 radical (unpaired) electrons. The Morgan fingerprint density at radius 3 is 3.00 bits per heavy atom. The molecule has 0 saturated heterocycles. The number of nitrogens with zero attached hydrogens (tertiary/aromatic N) is 1. The number of carboxylic acids is 1. The molecule has 1 aliphatic carbocycles. The highest BCUT2D eigenvalue weighted by atomic mass is 32.1. The average Bonchev–Trinajstić information content (AvgIpc) is 2.70. The second-order valence-corrected chi connectivity index (χ2v) is 5.20. The van der Waals surface area contributed by atoms with E-state index in [1.807, 2.05) is 6.20 Å². The topological polar surface area (TPSA) is 50.2 Å². The summed E-state index contributed by atoms with van der Waals surface area (Å²) >= 11 is 1.67. The van der Waals surface area contributed by atoms with Gasteiger partial charge in [0.2, 0.25) is 0 Å². The van der Waals surface area contributed by atoms with Crippen molar-refractivity contribution in [1.29, 1.82) is 0 Å². The molecule has 0 aliphatic heterocycles. The molecule has 14 heavy (non-hydrogen) atoms. The third-order valence-electron chi connectivity index (χ3n) is 2.66. The van der Waals surface area contributed by atoms with Crippen molar-refractivity contribution in [2.24, 2.45) is 0 Å². The van der Waals surface area contributed by atoms with Gasteiger partial charge in [0, 0.05) is 16.5 Å². The van der Waals surface area contributed by atoms with Gasteiger partial charge in [-0.3, -0.25) is 4.79 Å². The molecule has 1 aliphatic rings. The van der Waals surface area contributed by atoms with E-state index in [-0.39, 0.29) is 6.42 Å². The molecule has 3 nitrogen and oxygen atoms in total. The van der Waals surface area contributed by atoms with E-state index in [4.69, 9.17) is 5.11 Å². The highest BCUT2D eigenvalue weighted by Gasteiger charge is 2.41. The molecule has 0 aromatic carbocycles. The summed E-state index contributed by atoms with van der Waals surface area (Å²) in [4.78, 5) is 15.8. The zero-order valence-corrected chi connectivity index (χ0v) is 8.93. The van der Waals surface area contributed by atoms with E-state index in [1.165, 1.54) is 17.8 Å².